The first kappa shape index (κ1) is 14.5. The third-order valence-electron chi connectivity index (χ3n) is 3.03. The van der Waals surface area contributed by atoms with Gasteiger partial charge in [0.1, 0.15) is 0 Å². The number of hydrogen-bond acceptors (Lipinski definition) is 3. The fraction of sp³-hybridized carbons (Fsp3) is 0.462. The van der Waals surface area contributed by atoms with Gasteiger partial charge >= 0.3 is 0 Å². The van der Waals surface area contributed by atoms with Crippen molar-refractivity contribution in [2.75, 3.05) is 18.9 Å². The van der Waals surface area contributed by atoms with Crippen molar-refractivity contribution in [1.29, 1.82) is 0 Å². The number of hydrogen-bond donors (Lipinski definition) is 1. The Morgan fingerprint density at radius 1 is 1.58 bits per heavy atom. The summed E-state index contributed by atoms with van der Waals surface area (Å²) in [6.07, 6.45) is 2.18. The van der Waals surface area contributed by atoms with Gasteiger partial charge in [-0.25, -0.2) is 0 Å². The molecular weight excluding hydrogens is 332 g/mol. The normalized spacial score (nSPS) is 14.3. The molecule has 1 aliphatic rings. The van der Waals surface area contributed by atoms with E-state index in [2.05, 4.69) is 15.9 Å². The predicted octanol–water partition coefficient (Wildman–Crippen LogP) is 3.07. The van der Waals surface area contributed by atoms with Crippen LogP contribution in [0.4, 0.5) is 5.69 Å². The van der Waals surface area contributed by atoms with Crippen molar-refractivity contribution in [3.63, 3.8) is 0 Å². The Kier molecular flexibility index (Phi) is 4.58. The van der Waals surface area contributed by atoms with E-state index in [-0.39, 0.29) is 12.5 Å². The summed E-state index contributed by atoms with van der Waals surface area (Å²) in [5.41, 5.74) is 6.24. The highest BCUT2D eigenvalue weighted by Gasteiger charge is 2.31. The van der Waals surface area contributed by atoms with Crippen molar-refractivity contribution in [2.24, 2.45) is 0 Å². The maximum absolute atomic E-state index is 12.0. The Balaban J connectivity index is 2.00. The van der Waals surface area contributed by atoms with Gasteiger partial charge in [-0.15, -0.1) is 0 Å². The zero-order chi connectivity index (χ0) is 14.0. The number of benzene rings is 1. The van der Waals surface area contributed by atoms with Gasteiger partial charge in [-0.3, -0.25) is 4.79 Å². The van der Waals surface area contributed by atoms with Crippen molar-refractivity contribution in [3.05, 3.63) is 21.6 Å². The minimum Gasteiger partial charge on any atom is -0.480 e. The Bertz CT molecular complexity index is 469. The fourth-order valence-corrected chi connectivity index (χ4v) is 2.92. The molecule has 0 aromatic heterocycles. The highest BCUT2D eigenvalue weighted by molar-refractivity contribution is 9.10. The van der Waals surface area contributed by atoms with Gasteiger partial charge in [-0.05, 0) is 47.8 Å². The second-order valence-electron chi connectivity index (χ2n) is 4.51. The molecule has 19 heavy (non-hydrogen) atoms. The summed E-state index contributed by atoms with van der Waals surface area (Å²) in [6.45, 7) is 2.68. The molecule has 0 bridgehead atoms. The van der Waals surface area contributed by atoms with E-state index in [9.17, 15) is 4.79 Å². The number of anilines is 1. The van der Waals surface area contributed by atoms with Gasteiger partial charge < -0.3 is 15.4 Å². The van der Waals surface area contributed by atoms with Crippen LogP contribution in [-0.2, 0) is 4.79 Å². The number of ether oxygens (including phenoxy) is 1. The van der Waals surface area contributed by atoms with Gasteiger partial charge in [0.15, 0.2) is 12.4 Å². The van der Waals surface area contributed by atoms with Crippen LogP contribution in [0.5, 0.6) is 5.75 Å². The van der Waals surface area contributed by atoms with E-state index in [1.165, 1.54) is 0 Å². The average Bonchev–Trinajstić information content (AvgIpc) is 3.13. The van der Waals surface area contributed by atoms with Gasteiger partial charge in [0.25, 0.3) is 5.91 Å². The van der Waals surface area contributed by atoms with E-state index in [0.717, 1.165) is 12.8 Å². The van der Waals surface area contributed by atoms with Crippen LogP contribution in [0.3, 0.4) is 0 Å². The molecule has 4 nitrogen and oxygen atoms in total. The first-order valence-electron chi connectivity index (χ1n) is 6.19. The van der Waals surface area contributed by atoms with Gasteiger partial charge in [0, 0.05) is 17.6 Å². The lowest BCUT2D eigenvalue weighted by Crippen LogP contribution is -2.36. The Labute approximate surface area is 126 Å². The van der Waals surface area contributed by atoms with Crippen molar-refractivity contribution >= 4 is 39.1 Å². The lowest BCUT2D eigenvalue weighted by molar-refractivity contribution is -0.133. The summed E-state index contributed by atoms with van der Waals surface area (Å²) in [5, 5.41) is 0.524. The van der Waals surface area contributed by atoms with E-state index in [0.29, 0.717) is 33.5 Å². The number of amides is 1. The standard InChI is InChI=1S/C13H16BrClN2O2/c1-2-17(9-3-4-9)12(18)7-19-13-10(14)5-8(15)6-11(13)16/h5-6,9H,2-4,7,16H2,1H3. The highest BCUT2D eigenvalue weighted by atomic mass is 79.9. The zero-order valence-electron chi connectivity index (χ0n) is 10.7. The van der Waals surface area contributed by atoms with Crippen molar-refractivity contribution < 1.29 is 9.53 Å². The summed E-state index contributed by atoms with van der Waals surface area (Å²) in [4.78, 5) is 13.9. The molecule has 1 fully saturated rings. The second-order valence-corrected chi connectivity index (χ2v) is 5.80. The largest absolute Gasteiger partial charge is 0.480 e. The molecule has 1 amide bonds. The molecule has 2 rings (SSSR count). The fourth-order valence-electron chi connectivity index (χ4n) is 1.97. The molecule has 0 saturated heterocycles. The molecule has 6 heteroatoms. The molecule has 1 aliphatic carbocycles. The molecule has 2 N–H and O–H groups in total. The summed E-state index contributed by atoms with van der Waals surface area (Å²) < 4.78 is 6.18. The van der Waals surface area contributed by atoms with Gasteiger partial charge in [0.05, 0.1) is 10.2 Å². The predicted molar refractivity (Wildman–Crippen MR) is 79.5 cm³/mol. The summed E-state index contributed by atoms with van der Waals surface area (Å²) in [6, 6.07) is 3.69. The first-order chi connectivity index (χ1) is 9.02. The third-order valence-corrected chi connectivity index (χ3v) is 3.83. The lowest BCUT2D eigenvalue weighted by atomic mass is 10.3. The van der Waals surface area contributed by atoms with Crippen molar-refractivity contribution in [3.8, 4) is 5.75 Å². The van der Waals surface area contributed by atoms with E-state index < -0.39 is 0 Å². The van der Waals surface area contributed by atoms with Crippen molar-refractivity contribution in [1.82, 2.24) is 4.90 Å². The molecular formula is C13H16BrClN2O2. The van der Waals surface area contributed by atoms with E-state index in [4.69, 9.17) is 22.1 Å². The zero-order valence-corrected chi connectivity index (χ0v) is 13.0. The van der Waals surface area contributed by atoms with Gasteiger partial charge in [-0.1, -0.05) is 11.6 Å². The monoisotopic (exact) mass is 346 g/mol. The molecule has 0 atom stereocenters. The molecule has 1 saturated carbocycles. The van der Waals surface area contributed by atoms with Gasteiger partial charge in [-0.2, -0.15) is 0 Å². The highest BCUT2D eigenvalue weighted by Crippen LogP contribution is 2.34. The Hall–Kier alpha value is -0.940. The minimum atomic E-state index is -0.00810. The molecule has 1 aromatic carbocycles. The molecule has 0 spiro atoms. The average molecular weight is 348 g/mol. The van der Waals surface area contributed by atoms with Crippen LogP contribution in [0.25, 0.3) is 0 Å². The van der Waals surface area contributed by atoms with Crippen LogP contribution in [0.1, 0.15) is 19.8 Å². The van der Waals surface area contributed by atoms with Crippen LogP contribution in [0.15, 0.2) is 16.6 Å². The van der Waals surface area contributed by atoms with E-state index in [1.54, 1.807) is 12.1 Å². The molecule has 0 heterocycles. The lowest BCUT2D eigenvalue weighted by Gasteiger charge is -2.21. The van der Waals surface area contributed by atoms with Crippen LogP contribution in [0.2, 0.25) is 5.02 Å². The minimum absolute atomic E-state index is 0.00519. The first-order valence-corrected chi connectivity index (χ1v) is 7.36. The summed E-state index contributed by atoms with van der Waals surface area (Å²) in [7, 11) is 0. The number of nitrogens with zero attached hydrogens (tertiary/aromatic N) is 1. The number of rotatable bonds is 5. The van der Waals surface area contributed by atoms with Crippen LogP contribution in [-0.4, -0.2) is 30.0 Å². The van der Waals surface area contributed by atoms with Crippen LogP contribution in [0, 0.1) is 0 Å². The third kappa shape index (κ3) is 3.54. The number of likely N-dealkylation sites (N-methyl/N-ethyl adjacent to an activating group) is 1. The number of nitrogens with two attached hydrogens (primary N) is 1. The SMILES string of the molecule is CCN(C(=O)COc1c(N)cc(Cl)cc1Br)C1CC1. The van der Waals surface area contributed by atoms with Gasteiger partial charge in [0.2, 0.25) is 0 Å². The quantitative estimate of drug-likeness (QED) is 0.833. The number of carbonyl (C=O) groups excluding carboxylic acids is 1. The van der Waals surface area contributed by atoms with E-state index in [1.807, 2.05) is 11.8 Å². The summed E-state index contributed by atoms with van der Waals surface area (Å²) >= 11 is 9.20. The topological polar surface area (TPSA) is 55.6 Å². The van der Waals surface area contributed by atoms with Crippen LogP contribution < -0.4 is 10.5 Å². The Morgan fingerprint density at radius 2 is 2.26 bits per heavy atom. The molecule has 0 unspecified atom stereocenters. The Morgan fingerprint density at radius 3 is 2.79 bits per heavy atom. The maximum Gasteiger partial charge on any atom is 0.260 e. The number of nitrogen functional groups attached to an aromatic ring is 1. The second kappa shape index (κ2) is 6.01. The smallest absolute Gasteiger partial charge is 0.260 e. The molecule has 0 radical (unpaired) electrons. The van der Waals surface area contributed by atoms with Crippen LogP contribution >= 0.6 is 27.5 Å². The molecule has 1 aromatic rings. The van der Waals surface area contributed by atoms with Crippen molar-refractivity contribution in [2.45, 2.75) is 25.8 Å². The maximum atomic E-state index is 12.0. The number of halogens is 2. The molecule has 0 aliphatic heterocycles. The summed E-state index contributed by atoms with van der Waals surface area (Å²) in [5.74, 6) is 0.454. The molecule has 104 valence electrons. The number of carbonyl (C=O) groups is 1. The van der Waals surface area contributed by atoms with E-state index >= 15 is 0 Å².